The molecule has 1 aromatic heterocycles. The number of esters is 1. The molecule has 258 valence electrons. The number of carbonyl (C=O) groups excluding carboxylic acids is 2. The zero-order valence-corrected chi connectivity index (χ0v) is 28.7. The number of benzene rings is 2. The van der Waals surface area contributed by atoms with E-state index in [1.807, 2.05) is 30.2 Å². The van der Waals surface area contributed by atoms with Gasteiger partial charge in [0.2, 0.25) is 0 Å². The van der Waals surface area contributed by atoms with Crippen LogP contribution >= 0.6 is 11.3 Å². The molecule has 3 atom stereocenters. The highest BCUT2D eigenvalue weighted by Crippen LogP contribution is 2.43. The van der Waals surface area contributed by atoms with Crippen molar-refractivity contribution in [3.05, 3.63) is 92.8 Å². The van der Waals surface area contributed by atoms with Crippen LogP contribution in [-0.2, 0) is 24.5 Å². The molecule has 0 unspecified atom stereocenters. The molecular weight excluding hydrogens is 652 g/mol. The average molecular weight is 692 g/mol. The van der Waals surface area contributed by atoms with Gasteiger partial charge in [-0.3, -0.25) is 19.5 Å². The fourth-order valence-electron chi connectivity index (χ4n) is 7.01. The van der Waals surface area contributed by atoms with E-state index in [1.54, 1.807) is 50.4 Å². The number of carbonyl (C=O) groups is 3. The minimum Gasteiger partial charge on any atom is -0.481 e. The van der Waals surface area contributed by atoms with Crippen molar-refractivity contribution >= 4 is 40.7 Å². The fourth-order valence-corrected chi connectivity index (χ4v) is 7.60. The minimum atomic E-state index is -2.07. The first-order valence-corrected chi connectivity index (χ1v) is 17.2. The van der Waals surface area contributed by atoms with Gasteiger partial charge in [0.1, 0.15) is 11.9 Å². The summed E-state index contributed by atoms with van der Waals surface area (Å²) >= 11 is 1.37. The van der Waals surface area contributed by atoms with Crippen molar-refractivity contribution < 1.29 is 33.0 Å². The average Bonchev–Trinajstić information content (AvgIpc) is 3.69. The van der Waals surface area contributed by atoms with Crippen LogP contribution in [-0.4, -0.2) is 77.1 Å². The number of anilines is 1. The number of aliphatic imine (C=N–C) groups is 1. The van der Waals surface area contributed by atoms with Crippen LogP contribution in [0.1, 0.15) is 61.4 Å². The predicted octanol–water partition coefficient (Wildman–Crippen LogP) is 5.33. The maximum atomic E-state index is 16.6. The number of carboxylic acids is 1. The number of ether oxygens (including phenoxy) is 1. The van der Waals surface area contributed by atoms with Crippen molar-refractivity contribution in [3.63, 3.8) is 0 Å². The number of amides is 1. The number of amidine groups is 1. The molecule has 13 heteroatoms. The summed E-state index contributed by atoms with van der Waals surface area (Å²) in [6, 6.07) is 10.9. The zero-order valence-electron chi connectivity index (χ0n) is 27.8. The third-order valence-corrected chi connectivity index (χ3v) is 10.5. The Bertz CT molecular complexity index is 1840. The number of fused-ring (bicyclic) bond motifs is 1. The van der Waals surface area contributed by atoms with E-state index in [-0.39, 0.29) is 51.2 Å². The summed E-state index contributed by atoms with van der Waals surface area (Å²) in [4.78, 5) is 51.5. The van der Waals surface area contributed by atoms with Crippen molar-refractivity contribution in [2.75, 3.05) is 37.7 Å². The number of nitrogens with one attached hydrogen (secondary N) is 1. The van der Waals surface area contributed by atoms with Crippen LogP contribution in [0.25, 0.3) is 0 Å². The summed E-state index contributed by atoms with van der Waals surface area (Å²) in [6.07, 6.45) is 1.51. The number of hydrogen-bond acceptors (Lipinski definition) is 9. The monoisotopic (exact) mass is 691 g/mol. The van der Waals surface area contributed by atoms with Crippen LogP contribution in [0.5, 0.6) is 0 Å². The largest absolute Gasteiger partial charge is 0.481 e. The molecule has 2 fully saturated rings. The van der Waals surface area contributed by atoms with Crippen LogP contribution in [0.3, 0.4) is 0 Å². The second-order valence-corrected chi connectivity index (χ2v) is 14.3. The molecule has 10 nitrogen and oxygen atoms in total. The molecule has 2 aromatic carbocycles. The third kappa shape index (κ3) is 6.61. The first-order valence-electron chi connectivity index (χ1n) is 16.3. The van der Waals surface area contributed by atoms with Crippen molar-refractivity contribution in [1.29, 1.82) is 0 Å². The van der Waals surface area contributed by atoms with E-state index in [9.17, 15) is 23.9 Å². The Labute approximate surface area is 287 Å². The fraction of sp³-hybridized carbons (Fsp3) is 0.417. The predicted molar refractivity (Wildman–Crippen MR) is 182 cm³/mol. The Morgan fingerprint density at radius 3 is 2.69 bits per heavy atom. The van der Waals surface area contributed by atoms with Gasteiger partial charge >= 0.3 is 11.9 Å². The Morgan fingerprint density at radius 1 is 1.20 bits per heavy atom. The van der Waals surface area contributed by atoms with E-state index in [0.717, 1.165) is 5.56 Å². The Balaban J connectivity index is 1.30. The molecule has 49 heavy (non-hydrogen) atoms. The molecule has 3 aliphatic rings. The number of aliphatic carboxylic acids is 1. The summed E-state index contributed by atoms with van der Waals surface area (Å²) in [6.45, 7) is 7.93. The summed E-state index contributed by atoms with van der Waals surface area (Å²) in [5.41, 5.74) is 0.106. The van der Waals surface area contributed by atoms with Crippen LogP contribution in [0.4, 0.5) is 14.5 Å². The summed E-state index contributed by atoms with van der Waals surface area (Å²) in [7, 11) is 0. The van der Waals surface area contributed by atoms with Gasteiger partial charge in [0.15, 0.2) is 16.5 Å². The number of hydrogen-bond donors (Lipinski definition) is 2. The quantitative estimate of drug-likeness (QED) is 0.274. The molecule has 0 bridgehead atoms. The van der Waals surface area contributed by atoms with E-state index in [1.165, 1.54) is 22.3 Å². The van der Waals surface area contributed by atoms with Gasteiger partial charge in [0, 0.05) is 66.9 Å². The number of piperidine rings is 1. The number of carboxylic acid groups (broad SMARTS) is 1. The SMILES string of the molecule is CCOC(=O)C1=C(CN2CC[C@]3(F)C(=O)N(c4cccc(C(C)(C)CC(=O)O)c4)C[C@@H]3C2)NC(c2nccs2)=N[C@H]1c1cccc(F)c1C. The molecule has 2 N–H and O–H groups in total. The minimum absolute atomic E-state index is 0.0426. The van der Waals surface area contributed by atoms with Crippen molar-refractivity contribution in [2.24, 2.45) is 10.9 Å². The van der Waals surface area contributed by atoms with Gasteiger partial charge < -0.3 is 20.1 Å². The lowest BCUT2D eigenvalue weighted by molar-refractivity contribution is -0.139. The van der Waals surface area contributed by atoms with Gasteiger partial charge in [0.25, 0.3) is 5.91 Å². The molecule has 2 saturated heterocycles. The summed E-state index contributed by atoms with van der Waals surface area (Å²) in [5.74, 6) is -2.78. The molecule has 0 radical (unpaired) electrons. The molecule has 1 amide bonds. The topological polar surface area (TPSA) is 124 Å². The lowest BCUT2D eigenvalue weighted by atomic mass is 9.81. The van der Waals surface area contributed by atoms with Crippen molar-refractivity contribution in [2.45, 2.75) is 57.7 Å². The van der Waals surface area contributed by atoms with Crippen molar-refractivity contribution in [3.8, 4) is 0 Å². The standard InChI is InChI=1S/C36H39F2N5O5S/c1-5-48-33(46)29-27(40-31(32-39-13-15-49-32)41-30(29)25-10-7-11-26(37)21(25)2)20-42-14-12-36(38)23(18-42)19-43(34(36)47)24-9-6-8-22(16-24)35(3,4)17-28(44)45/h6-11,13,15-16,23,30H,5,12,14,17-20H2,1-4H3,(H,40,41)(H,44,45)/t23-,30-,36+/m0/s1. The molecule has 0 spiro atoms. The van der Waals surface area contributed by atoms with Gasteiger partial charge in [-0.1, -0.05) is 38.1 Å². The lowest BCUT2D eigenvalue weighted by Gasteiger charge is -2.38. The highest BCUT2D eigenvalue weighted by molar-refractivity contribution is 7.11. The molecule has 3 aromatic rings. The van der Waals surface area contributed by atoms with Gasteiger partial charge in [0.05, 0.1) is 18.6 Å². The van der Waals surface area contributed by atoms with Crippen molar-refractivity contribution in [1.82, 2.24) is 15.2 Å². The maximum Gasteiger partial charge on any atom is 0.338 e. The van der Waals surface area contributed by atoms with Crippen LogP contribution in [0.2, 0.25) is 0 Å². The number of aromatic nitrogens is 1. The first kappa shape index (κ1) is 34.4. The second kappa shape index (κ2) is 13.4. The van der Waals surface area contributed by atoms with Crippen LogP contribution in [0.15, 0.2) is 70.3 Å². The third-order valence-electron chi connectivity index (χ3n) is 9.70. The molecular formula is C36H39F2N5O5S. The lowest BCUT2D eigenvalue weighted by Crippen LogP contribution is -2.52. The summed E-state index contributed by atoms with van der Waals surface area (Å²) < 4.78 is 36.9. The van der Waals surface area contributed by atoms with Gasteiger partial charge in [-0.2, -0.15) is 0 Å². The Morgan fingerprint density at radius 2 is 1.98 bits per heavy atom. The Kier molecular flexibility index (Phi) is 9.42. The van der Waals surface area contributed by atoms with Gasteiger partial charge in [-0.25, -0.2) is 18.6 Å². The smallest absolute Gasteiger partial charge is 0.338 e. The number of rotatable bonds is 10. The first-order chi connectivity index (χ1) is 23.3. The highest BCUT2D eigenvalue weighted by atomic mass is 32.1. The number of alkyl halides is 1. The number of halogens is 2. The van der Waals surface area contributed by atoms with Gasteiger partial charge in [-0.05, 0) is 48.7 Å². The molecule has 3 aliphatic heterocycles. The zero-order chi connectivity index (χ0) is 35.1. The second-order valence-electron chi connectivity index (χ2n) is 13.4. The van der Waals surface area contributed by atoms with Crippen LogP contribution < -0.4 is 10.2 Å². The van der Waals surface area contributed by atoms with Gasteiger partial charge in [-0.15, -0.1) is 11.3 Å². The Hall–Kier alpha value is -4.49. The van der Waals surface area contributed by atoms with E-state index in [0.29, 0.717) is 33.4 Å². The normalized spacial score (nSPS) is 22.9. The maximum absolute atomic E-state index is 16.6. The molecule has 0 saturated carbocycles. The summed E-state index contributed by atoms with van der Waals surface area (Å²) in [5, 5.41) is 15.1. The molecule has 6 rings (SSSR count). The number of likely N-dealkylation sites (tertiary alicyclic amines) is 1. The van der Waals surface area contributed by atoms with E-state index in [2.05, 4.69) is 10.3 Å². The molecule has 0 aliphatic carbocycles. The van der Waals surface area contributed by atoms with E-state index < -0.39 is 46.7 Å². The molecule has 4 heterocycles. The number of nitrogens with zero attached hydrogens (tertiary/aromatic N) is 4. The number of thiazole rings is 1. The van der Waals surface area contributed by atoms with E-state index in [4.69, 9.17) is 9.73 Å². The highest BCUT2D eigenvalue weighted by Gasteiger charge is 2.57. The van der Waals surface area contributed by atoms with E-state index >= 15 is 4.39 Å². The van der Waals surface area contributed by atoms with Crippen LogP contribution in [0, 0.1) is 18.7 Å².